The van der Waals surface area contributed by atoms with Crippen molar-refractivity contribution in [3.63, 3.8) is 0 Å². The third-order valence-electron chi connectivity index (χ3n) is 7.39. The molecule has 2 aromatic heterocycles. The van der Waals surface area contributed by atoms with Gasteiger partial charge in [0.25, 0.3) is 5.91 Å². The number of pyridine rings is 1. The average Bonchev–Trinajstić information content (AvgIpc) is 3.19. The maximum absolute atomic E-state index is 13.2. The predicted octanol–water partition coefficient (Wildman–Crippen LogP) is 6.31. The number of anilines is 1. The third kappa shape index (κ3) is 7.93. The summed E-state index contributed by atoms with van der Waals surface area (Å²) in [4.78, 5) is 26.8. The number of carbonyl (C=O) groups excluding carboxylic acids is 1. The normalized spacial score (nSPS) is 19.6. The topological polar surface area (TPSA) is 116 Å². The highest BCUT2D eigenvalue weighted by molar-refractivity contribution is 6.31. The van der Waals surface area contributed by atoms with E-state index < -0.39 is 0 Å². The minimum atomic E-state index is -0.234. The van der Waals surface area contributed by atoms with Crippen LogP contribution in [0.25, 0.3) is 10.9 Å². The first kappa shape index (κ1) is 30.9. The van der Waals surface area contributed by atoms with Crippen LogP contribution in [0.3, 0.4) is 0 Å². The number of halogens is 3. The SMILES string of the molecule is Cl.Cl.N=C(N[C@@H]1CCCC[C@@H]1Nc1nc(C(=O)NC2CCCCCC2)nc2ccc(Cl)cc12)c1ccccn1. The van der Waals surface area contributed by atoms with Crippen LogP contribution in [0.5, 0.6) is 0 Å². The van der Waals surface area contributed by atoms with Crippen molar-refractivity contribution in [2.24, 2.45) is 0 Å². The highest BCUT2D eigenvalue weighted by Gasteiger charge is 2.28. The first-order valence-electron chi connectivity index (χ1n) is 13.4. The highest BCUT2D eigenvalue weighted by atomic mass is 35.5. The molecule has 0 bridgehead atoms. The van der Waals surface area contributed by atoms with E-state index in [1.807, 2.05) is 30.3 Å². The van der Waals surface area contributed by atoms with Crippen LogP contribution in [-0.4, -0.2) is 44.8 Å². The molecule has 1 amide bonds. The van der Waals surface area contributed by atoms with Gasteiger partial charge in [0.2, 0.25) is 5.82 Å². The Labute approximate surface area is 246 Å². The van der Waals surface area contributed by atoms with E-state index in [9.17, 15) is 4.79 Å². The van der Waals surface area contributed by atoms with Crippen molar-refractivity contribution in [1.82, 2.24) is 25.6 Å². The number of aromatic nitrogens is 3. The molecule has 210 valence electrons. The number of nitrogens with one attached hydrogen (secondary N) is 4. The molecule has 39 heavy (non-hydrogen) atoms. The molecule has 1 aromatic carbocycles. The Morgan fingerprint density at radius 3 is 2.31 bits per heavy atom. The van der Waals surface area contributed by atoms with Gasteiger partial charge in [-0.1, -0.05) is 56.2 Å². The van der Waals surface area contributed by atoms with Gasteiger partial charge in [-0.3, -0.25) is 15.2 Å². The van der Waals surface area contributed by atoms with Crippen LogP contribution in [-0.2, 0) is 0 Å². The Bertz CT molecular complexity index is 1250. The number of rotatable bonds is 6. The van der Waals surface area contributed by atoms with Crippen molar-refractivity contribution in [3.8, 4) is 0 Å². The van der Waals surface area contributed by atoms with Crippen molar-refractivity contribution >= 4 is 64.9 Å². The Balaban J connectivity index is 0.00000210. The number of nitrogens with zero attached hydrogens (tertiary/aromatic N) is 3. The maximum atomic E-state index is 13.2. The second-order valence-corrected chi connectivity index (χ2v) is 10.5. The van der Waals surface area contributed by atoms with Crippen molar-refractivity contribution in [1.29, 1.82) is 5.41 Å². The third-order valence-corrected chi connectivity index (χ3v) is 7.63. The fraction of sp³-hybridized carbons (Fsp3) is 0.464. The second-order valence-electron chi connectivity index (χ2n) is 10.1. The first-order valence-corrected chi connectivity index (χ1v) is 13.8. The quantitative estimate of drug-likeness (QED) is 0.151. The molecule has 2 aliphatic rings. The Kier molecular flexibility index (Phi) is 11.6. The van der Waals surface area contributed by atoms with Gasteiger partial charge in [0, 0.05) is 34.7 Å². The van der Waals surface area contributed by atoms with Crippen LogP contribution in [0.15, 0.2) is 42.6 Å². The second kappa shape index (κ2) is 14.6. The van der Waals surface area contributed by atoms with Crippen molar-refractivity contribution in [2.45, 2.75) is 82.3 Å². The van der Waals surface area contributed by atoms with Crippen molar-refractivity contribution in [3.05, 3.63) is 59.1 Å². The van der Waals surface area contributed by atoms with Crippen LogP contribution in [0, 0.1) is 5.41 Å². The molecule has 0 saturated heterocycles. The number of carbonyl (C=O) groups is 1. The standard InChI is InChI=1S/C28H34ClN7O.2ClH/c29-18-14-15-21-20(17-18)26(36-27(34-21)28(37)32-19-9-3-1-2-4-10-19)35-23-12-6-5-11-22(23)33-25(30)24-13-7-8-16-31-24;;/h7-8,13-17,19,22-23H,1-6,9-12H2,(H2,30,33)(H,32,37)(H,34,35,36);2*1H/t22-,23+;;/m1../s1. The van der Waals surface area contributed by atoms with Gasteiger partial charge in [0.1, 0.15) is 17.3 Å². The number of hydrogen-bond acceptors (Lipinski definition) is 6. The van der Waals surface area contributed by atoms with Gasteiger partial charge in [-0.25, -0.2) is 9.97 Å². The molecule has 2 saturated carbocycles. The van der Waals surface area contributed by atoms with E-state index in [0.29, 0.717) is 27.9 Å². The summed E-state index contributed by atoms with van der Waals surface area (Å²) in [6.07, 6.45) is 12.4. The lowest BCUT2D eigenvalue weighted by Crippen LogP contribution is -2.49. The van der Waals surface area contributed by atoms with Gasteiger partial charge >= 0.3 is 0 Å². The van der Waals surface area contributed by atoms with E-state index in [-0.39, 0.29) is 54.7 Å². The summed E-state index contributed by atoms with van der Waals surface area (Å²) in [5.74, 6) is 0.838. The van der Waals surface area contributed by atoms with Gasteiger partial charge in [-0.05, 0) is 56.0 Å². The van der Waals surface area contributed by atoms with Crippen LogP contribution in [0.4, 0.5) is 5.82 Å². The average molecular weight is 593 g/mol. The summed E-state index contributed by atoms with van der Waals surface area (Å²) < 4.78 is 0. The Morgan fingerprint density at radius 1 is 0.872 bits per heavy atom. The van der Waals surface area contributed by atoms with Crippen LogP contribution < -0.4 is 16.0 Å². The van der Waals surface area contributed by atoms with E-state index in [0.717, 1.165) is 56.8 Å². The van der Waals surface area contributed by atoms with Gasteiger partial charge in [0.15, 0.2) is 0 Å². The van der Waals surface area contributed by atoms with Crippen LogP contribution >= 0.6 is 36.4 Å². The maximum Gasteiger partial charge on any atom is 0.289 e. The molecular weight excluding hydrogens is 557 g/mol. The number of amides is 1. The zero-order valence-corrected chi connectivity index (χ0v) is 24.2. The molecule has 0 unspecified atom stereocenters. The van der Waals surface area contributed by atoms with Crippen LogP contribution in [0.2, 0.25) is 5.02 Å². The number of benzene rings is 1. The molecule has 2 fully saturated rings. The Morgan fingerprint density at radius 2 is 1.59 bits per heavy atom. The lowest BCUT2D eigenvalue weighted by molar-refractivity contribution is 0.0923. The van der Waals surface area contributed by atoms with Crippen molar-refractivity contribution < 1.29 is 4.79 Å². The molecule has 11 heteroatoms. The molecule has 4 N–H and O–H groups in total. The summed E-state index contributed by atoms with van der Waals surface area (Å²) in [6.45, 7) is 0. The van der Waals surface area contributed by atoms with E-state index in [4.69, 9.17) is 22.0 Å². The molecule has 0 radical (unpaired) electrons. The molecule has 2 heterocycles. The lowest BCUT2D eigenvalue weighted by atomic mass is 9.90. The first-order chi connectivity index (χ1) is 18.1. The van der Waals surface area contributed by atoms with Crippen LogP contribution in [0.1, 0.15) is 80.5 Å². The number of fused-ring (bicyclic) bond motifs is 1. The van der Waals surface area contributed by atoms with Crippen molar-refractivity contribution in [2.75, 3.05) is 5.32 Å². The fourth-order valence-electron chi connectivity index (χ4n) is 5.41. The predicted molar refractivity (Wildman–Crippen MR) is 162 cm³/mol. The molecular formula is C28H36Cl3N7O. The number of hydrogen-bond donors (Lipinski definition) is 4. The Hall–Kier alpha value is -2.68. The zero-order valence-electron chi connectivity index (χ0n) is 21.8. The molecule has 2 atom stereocenters. The smallest absolute Gasteiger partial charge is 0.289 e. The lowest BCUT2D eigenvalue weighted by Gasteiger charge is -2.34. The van der Waals surface area contributed by atoms with E-state index in [1.54, 1.807) is 12.3 Å². The molecule has 2 aliphatic carbocycles. The number of amidine groups is 1. The minimum Gasteiger partial charge on any atom is -0.365 e. The summed E-state index contributed by atoms with van der Waals surface area (Å²) >= 11 is 6.34. The fourth-order valence-corrected chi connectivity index (χ4v) is 5.58. The summed E-state index contributed by atoms with van der Waals surface area (Å²) in [5, 5.41) is 20.0. The molecule has 8 nitrogen and oxygen atoms in total. The molecule has 0 aliphatic heterocycles. The summed E-state index contributed by atoms with van der Waals surface area (Å²) in [6, 6.07) is 11.2. The highest BCUT2D eigenvalue weighted by Crippen LogP contribution is 2.28. The zero-order chi connectivity index (χ0) is 25.6. The van der Waals surface area contributed by atoms with Gasteiger partial charge in [0.05, 0.1) is 5.52 Å². The van der Waals surface area contributed by atoms with E-state index >= 15 is 0 Å². The summed E-state index contributed by atoms with van der Waals surface area (Å²) in [7, 11) is 0. The van der Waals surface area contributed by atoms with E-state index in [1.165, 1.54) is 12.8 Å². The van der Waals surface area contributed by atoms with Gasteiger partial charge < -0.3 is 16.0 Å². The largest absolute Gasteiger partial charge is 0.365 e. The van der Waals surface area contributed by atoms with E-state index in [2.05, 4.69) is 25.9 Å². The molecule has 0 spiro atoms. The minimum absolute atomic E-state index is 0. The molecule has 5 rings (SSSR count). The summed E-state index contributed by atoms with van der Waals surface area (Å²) in [5.41, 5.74) is 1.29. The molecule has 3 aromatic rings. The van der Waals surface area contributed by atoms with Gasteiger partial charge in [-0.15, -0.1) is 24.8 Å². The van der Waals surface area contributed by atoms with Gasteiger partial charge in [-0.2, -0.15) is 0 Å². The monoisotopic (exact) mass is 591 g/mol.